The van der Waals surface area contributed by atoms with Crippen molar-refractivity contribution in [2.75, 3.05) is 13.7 Å². The lowest BCUT2D eigenvalue weighted by Crippen LogP contribution is -2.31. The lowest BCUT2D eigenvalue weighted by atomic mass is 9.79. The van der Waals surface area contributed by atoms with Gasteiger partial charge in [-0.2, -0.15) is 0 Å². The highest BCUT2D eigenvalue weighted by molar-refractivity contribution is 6.59. The first kappa shape index (κ1) is 12.6. The Morgan fingerprint density at radius 2 is 2.12 bits per heavy atom. The van der Waals surface area contributed by atoms with E-state index in [1.54, 1.807) is 12.1 Å². The number of ether oxygens (including phenoxy) is 2. The van der Waals surface area contributed by atoms with Crippen LogP contribution < -0.4 is 14.9 Å². The minimum absolute atomic E-state index is 0.295. The minimum atomic E-state index is -1.57. The van der Waals surface area contributed by atoms with E-state index in [0.717, 1.165) is 0 Å². The molecule has 2 N–H and O–H groups in total. The van der Waals surface area contributed by atoms with Crippen LogP contribution in [-0.2, 0) is 0 Å². The molecule has 0 bridgehead atoms. The molecule has 0 unspecified atom stereocenters. The van der Waals surface area contributed by atoms with Gasteiger partial charge in [0.15, 0.2) is 0 Å². The highest BCUT2D eigenvalue weighted by Crippen LogP contribution is 2.15. The average Bonchev–Trinajstić information content (AvgIpc) is 2.29. The summed E-state index contributed by atoms with van der Waals surface area (Å²) in [4.78, 5) is 0. The van der Waals surface area contributed by atoms with Gasteiger partial charge in [0.25, 0.3) is 0 Å². The van der Waals surface area contributed by atoms with E-state index in [4.69, 9.17) is 9.47 Å². The normalized spacial score (nSPS) is 10.5. The van der Waals surface area contributed by atoms with E-state index in [-0.39, 0.29) is 0 Å². The summed E-state index contributed by atoms with van der Waals surface area (Å²) in [6.45, 7) is 2.28. The van der Waals surface area contributed by atoms with Gasteiger partial charge in [-0.25, -0.2) is 0 Å². The van der Waals surface area contributed by atoms with Gasteiger partial charge in [0, 0.05) is 5.46 Å². The van der Waals surface area contributed by atoms with E-state index >= 15 is 0 Å². The van der Waals surface area contributed by atoms with E-state index in [0.29, 0.717) is 23.6 Å². The topological polar surface area (TPSA) is 58.9 Å². The maximum Gasteiger partial charge on any atom is 0.492 e. The summed E-state index contributed by atoms with van der Waals surface area (Å²) in [6, 6.07) is 4.89. The van der Waals surface area contributed by atoms with Gasteiger partial charge in [0.2, 0.25) is 0 Å². The Morgan fingerprint density at radius 3 is 2.69 bits per heavy atom. The molecular weight excluding hydrogens is 207 g/mol. The molecule has 0 saturated heterocycles. The molecule has 0 saturated carbocycles. The summed E-state index contributed by atoms with van der Waals surface area (Å²) in [6.07, 6.45) is 3.69. The third-order valence-electron chi connectivity index (χ3n) is 2.07. The SMILES string of the molecule is C/C=C/COc1ccc(OC)cc1B(O)O. The molecule has 0 aliphatic carbocycles. The van der Waals surface area contributed by atoms with Crippen LogP contribution in [-0.4, -0.2) is 30.9 Å². The molecule has 1 aromatic carbocycles. The van der Waals surface area contributed by atoms with Crippen LogP contribution in [0.1, 0.15) is 6.92 Å². The van der Waals surface area contributed by atoms with Gasteiger partial charge in [-0.1, -0.05) is 12.2 Å². The van der Waals surface area contributed by atoms with Gasteiger partial charge in [0.05, 0.1) is 7.11 Å². The number of methoxy groups -OCH3 is 1. The van der Waals surface area contributed by atoms with Gasteiger partial charge in [0.1, 0.15) is 18.1 Å². The highest BCUT2D eigenvalue weighted by atomic mass is 16.5. The summed E-state index contributed by atoms with van der Waals surface area (Å²) in [7, 11) is -0.0563. The van der Waals surface area contributed by atoms with Crippen LogP contribution in [0.4, 0.5) is 0 Å². The van der Waals surface area contributed by atoms with Crippen molar-refractivity contribution in [2.24, 2.45) is 0 Å². The second-order valence-corrected chi connectivity index (χ2v) is 3.16. The second-order valence-electron chi connectivity index (χ2n) is 3.16. The smallest absolute Gasteiger partial charge is 0.492 e. The number of hydrogen-bond acceptors (Lipinski definition) is 4. The molecule has 0 fully saturated rings. The summed E-state index contributed by atoms with van der Waals surface area (Å²) in [5, 5.41) is 18.4. The molecule has 0 spiro atoms. The molecule has 0 atom stereocenters. The molecule has 0 aromatic heterocycles. The molecule has 0 aliphatic rings. The van der Waals surface area contributed by atoms with Gasteiger partial charge in [-0.3, -0.25) is 0 Å². The van der Waals surface area contributed by atoms with Crippen molar-refractivity contribution in [3.63, 3.8) is 0 Å². The highest BCUT2D eigenvalue weighted by Gasteiger charge is 2.17. The Labute approximate surface area is 95.3 Å². The Bertz CT molecular complexity index is 363. The van der Waals surface area contributed by atoms with E-state index in [1.165, 1.54) is 13.2 Å². The first-order chi connectivity index (χ1) is 7.69. The van der Waals surface area contributed by atoms with Gasteiger partial charge >= 0.3 is 7.12 Å². The van der Waals surface area contributed by atoms with Crippen LogP contribution in [0.25, 0.3) is 0 Å². The monoisotopic (exact) mass is 222 g/mol. The van der Waals surface area contributed by atoms with Gasteiger partial charge in [-0.05, 0) is 25.1 Å². The largest absolute Gasteiger partial charge is 0.497 e. The van der Waals surface area contributed by atoms with E-state index < -0.39 is 7.12 Å². The molecule has 1 rings (SSSR count). The molecular formula is C11H15BO4. The van der Waals surface area contributed by atoms with E-state index in [1.807, 2.05) is 19.1 Å². The summed E-state index contributed by atoms with van der Waals surface area (Å²) in [5.41, 5.74) is 0.295. The average molecular weight is 222 g/mol. The second kappa shape index (κ2) is 6.20. The van der Waals surface area contributed by atoms with Gasteiger partial charge < -0.3 is 19.5 Å². The van der Waals surface area contributed by atoms with Crippen molar-refractivity contribution in [1.82, 2.24) is 0 Å². The minimum Gasteiger partial charge on any atom is -0.497 e. The van der Waals surface area contributed by atoms with Crippen LogP contribution in [0.5, 0.6) is 11.5 Å². The maximum atomic E-state index is 9.18. The molecule has 86 valence electrons. The summed E-state index contributed by atoms with van der Waals surface area (Å²) in [5.74, 6) is 0.996. The first-order valence-corrected chi connectivity index (χ1v) is 4.97. The van der Waals surface area contributed by atoms with Gasteiger partial charge in [-0.15, -0.1) is 0 Å². The fraction of sp³-hybridized carbons (Fsp3) is 0.273. The molecule has 1 aromatic rings. The molecule has 0 radical (unpaired) electrons. The van der Waals surface area contributed by atoms with Crippen LogP contribution in [0, 0.1) is 0 Å². The zero-order valence-corrected chi connectivity index (χ0v) is 9.38. The third-order valence-corrected chi connectivity index (χ3v) is 2.07. The van der Waals surface area contributed by atoms with E-state index in [9.17, 15) is 10.0 Å². The fourth-order valence-corrected chi connectivity index (χ4v) is 1.22. The Kier molecular flexibility index (Phi) is 4.89. The Hall–Kier alpha value is -1.46. The van der Waals surface area contributed by atoms with Crippen molar-refractivity contribution in [1.29, 1.82) is 0 Å². The van der Waals surface area contributed by atoms with Crippen molar-refractivity contribution < 1.29 is 19.5 Å². The number of allylic oxidation sites excluding steroid dienone is 1. The lowest BCUT2D eigenvalue weighted by Gasteiger charge is -2.11. The molecule has 0 heterocycles. The maximum absolute atomic E-state index is 9.18. The Morgan fingerprint density at radius 1 is 1.38 bits per heavy atom. The fourth-order valence-electron chi connectivity index (χ4n) is 1.22. The third kappa shape index (κ3) is 3.29. The Balaban J connectivity index is 2.89. The van der Waals surface area contributed by atoms with Crippen molar-refractivity contribution in [2.45, 2.75) is 6.92 Å². The van der Waals surface area contributed by atoms with Crippen LogP contribution in [0.2, 0.25) is 0 Å². The van der Waals surface area contributed by atoms with Crippen molar-refractivity contribution >= 4 is 12.6 Å². The number of hydrogen-bond donors (Lipinski definition) is 2. The number of rotatable bonds is 5. The quantitative estimate of drug-likeness (QED) is 0.556. The van der Waals surface area contributed by atoms with Crippen molar-refractivity contribution in [3.05, 3.63) is 30.4 Å². The molecule has 0 amide bonds. The zero-order valence-electron chi connectivity index (χ0n) is 9.38. The molecule has 0 aliphatic heterocycles. The van der Waals surface area contributed by atoms with Crippen molar-refractivity contribution in [3.8, 4) is 11.5 Å². The first-order valence-electron chi connectivity index (χ1n) is 4.97. The standard InChI is InChI=1S/C11H15BO4/c1-3-4-7-16-11-6-5-9(15-2)8-10(11)12(13)14/h3-6,8,13-14H,7H2,1-2H3/b4-3+. The lowest BCUT2D eigenvalue weighted by molar-refractivity contribution is 0.359. The predicted octanol–water partition coefficient (Wildman–Crippen LogP) is 0.330. The van der Waals surface area contributed by atoms with Crippen LogP contribution in [0.3, 0.4) is 0 Å². The van der Waals surface area contributed by atoms with E-state index in [2.05, 4.69) is 0 Å². The molecule has 5 heteroatoms. The molecule has 16 heavy (non-hydrogen) atoms. The zero-order chi connectivity index (χ0) is 12.0. The summed E-state index contributed by atoms with van der Waals surface area (Å²) >= 11 is 0. The van der Waals surface area contributed by atoms with Crippen LogP contribution >= 0.6 is 0 Å². The predicted molar refractivity (Wildman–Crippen MR) is 63.1 cm³/mol. The number of benzene rings is 1. The molecule has 4 nitrogen and oxygen atoms in total. The summed E-state index contributed by atoms with van der Waals surface area (Å²) < 4.78 is 10.4. The van der Waals surface area contributed by atoms with Crippen LogP contribution in [0.15, 0.2) is 30.4 Å².